The molecule has 0 saturated heterocycles. The van der Waals surface area contributed by atoms with E-state index in [1.807, 2.05) is 0 Å². The van der Waals surface area contributed by atoms with Gasteiger partial charge in [0.25, 0.3) is 0 Å². The van der Waals surface area contributed by atoms with E-state index in [1.54, 1.807) is 0 Å². The van der Waals surface area contributed by atoms with Gasteiger partial charge in [0.2, 0.25) is 0 Å². The molecule has 0 radical (unpaired) electrons. The molecule has 0 spiro atoms. The zero-order valence-corrected chi connectivity index (χ0v) is 69.6. The quantitative estimate of drug-likeness (QED) is 0.0222. The molecule has 17 nitrogen and oxygen atoms in total. The molecule has 0 amide bonds. The average Bonchev–Trinajstić information content (AvgIpc) is 0.938. The Morgan fingerprint density at radius 1 is 0.282 bits per heavy atom. The summed E-state index contributed by atoms with van der Waals surface area (Å²) in [5.41, 5.74) is 0. The summed E-state index contributed by atoms with van der Waals surface area (Å²) in [4.78, 5) is 73.2. The zero-order chi connectivity index (χ0) is 75.8. The van der Waals surface area contributed by atoms with Crippen molar-refractivity contribution in [2.45, 2.75) is 458 Å². The lowest BCUT2D eigenvalue weighted by molar-refractivity contribution is -0.161. The van der Waals surface area contributed by atoms with Gasteiger partial charge in [0.15, 0.2) is 12.2 Å². The van der Waals surface area contributed by atoms with Crippen molar-refractivity contribution in [3.8, 4) is 0 Å². The van der Waals surface area contributed by atoms with E-state index in [9.17, 15) is 43.2 Å². The summed E-state index contributed by atoms with van der Waals surface area (Å²) in [7, 11) is -9.93. The van der Waals surface area contributed by atoms with Gasteiger partial charge in [-0.3, -0.25) is 37.3 Å². The number of rotatable bonds is 82. The van der Waals surface area contributed by atoms with Gasteiger partial charge in [-0.1, -0.05) is 389 Å². The molecule has 0 aliphatic carbocycles. The summed E-state index contributed by atoms with van der Waals surface area (Å²) >= 11 is 0. The third kappa shape index (κ3) is 76.6. The number of hydrogen-bond donors (Lipinski definition) is 3. The minimum Gasteiger partial charge on any atom is -0.462 e. The van der Waals surface area contributed by atoms with Crippen molar-refractivity contribution in [1.82, 2.24) is 0 Å². The molecule has 612 valence electrons. The van der Waals surface area contributed by atoms with Crippen molar-refractivity contribution in [3.05, 3.63) is 0 Å². The highest BCUT2D eigenvalue weighted by Crippen LogP contribution is 2.45. The summed E-state index contributed by atoms with van der Waals surface area (Å²) < 4.78 is 68.8. The first-order valence-corrected chi connectivity index (χ1v) is 46.4. The van der Waals surface area contributed by atoms with E-state index in [0.717, 1.165) is 108 Å². The van der Waals surface area contributed by atoms with Crippen LogP contribution in [0.25, 0.3) is 0 Å². The fourth-order valence-corrected chi connectivity index (χ4v) is 14.6. The number of esters is 4. The highest BCUT2D eigenvalue weighted by molar-refractivity contribution is 7.47. The van der Waals surface area contributed by atoms with Crippen LogP contribution in [-0.2, 0) is 65.4 Å². The summed E-state index contributed by atoms with van der Waals surface area (Å²) in [6, 6.07) is 0. The second-order valence-corrected chi connectivity index (χ2v) is 34.3. The van der Waals surface area contributed by atoms with Crippen LogP contribution in [-0.4, -0.2) is 96.7 Å². The Hall–Kier alpha value is -1.94. The van der Waals surface area contributed by atoms with Crippen LogP contribution in [0.3, 0.4) is 0 Å². The minimum absolute atomic E-state index is 0.107. The lowest BCUT2D eigenvalue weighted by Gasteiger charge is -2.21. The van der Waals surface area contributed by atoms with Gasteiger partial charge in [-0.25, -0.2) is 9.13 Å². The van der Waals surface area contributed by atoms with E-state index < -0.39 is 97.5 Å². The third-order valence-corrected chi connectivity index (χ3v) is 21.9. The summed E-state index contributed by atoms with van der Waals surface area (Å²) in [5.74, 6) is 0.331. The summed E-state index contributed by atoms with van der Waals surface area (Å²) in [6.45, 7) is 12.1. The molecule has 0 aromatic heterocycles. The molecule has 0 fully saturated rings. The predicted molar refractivity (Wildman–Crippen MR) is 423 cm³/mol. The molecule has 0 saturated carbocycles. The number of ether oxygens (including phenoxy) is 4. The second-order valence-electron chi connectivity index (χ2n) is 31.4. The maximum absolute atomic E-state index is 13.1. The van der Waals surface area contributed by atoms with Crippen LogP contribution < -0.4 is 0 Å². The third-order valence-electron chi connectivity index (χ3n) is 20.0. The monoisotopic (exact) mass is 1510 g/mol. The number of phosphoric acid groups is 2. The second kappa shape index (κ2) is 74.2. The zero-order valence-electron chi connectivity index (χ0n) is 67.8. The molecular weight excluding hydrogens is 1340 g/mol. The van der Waals surface area contributed by atoms with Crippen LogP contribution in [0.15, 0.2) is 0 Å². The number of aliphatic hydroxyl groups excluding tert-OH is 1. The van der Waals surface area contributed by atoms with Gasteiger partial charge in [-0.15, -0.1) is 0 Å². The Bertz CT molecular complexity index is 1990. The van der Waals surface area contributed by atoms with Crippen LogP contribution in [0, 0.1) is 17.8 Å². The first kappa shape index (κ1) is 101. The van der Waals surface area contributed by atoms with Gasteiger partial charge in [-0.2, -0.15) is 0 Å². The molecule has 3 unspecified atom stereocenters. The number of unbranched alkanes of at least 4 members (excludes halogenated alkanes) is 49. The number of aliphatic hydroxyl groups is 1. The van der Waals surface area contributed by atoms with Crippen LogP contribution in [0.2, 0.25) is 0 Å². The van der Waals surface area contributed by atoms with Crippen molar-refractivity contribution in [2.75, 3.05) is 39.6 Å². The van der Waals surface area contributed by atoms with Crippen LogP contribution in [0.1, 0.15) is 440 Å². The van der Waals surface area contributed by atoms with Gasteiger partial charge >= 0.3 is 39.5 Å². The smallest absolute Gasteiger partial charge is 0.462 e. The Morgan fingerprint density at radius 3 is 0.738 bits per heavy atom. The van der Waals surface area contributed by atoms with Gasteiger partial charge in [0, 0.05) is 25.7 Å². The number of hydrogen-bond acceptors (Lipinski definition) is 15. The van der Waals surface area contributed by atoms with Crippen molar-refractivity contribution in [3.63, 3.8) is 0 Å². The van der Waals surface area contributed by atoms with E-state index in [2.05, 4.69) is 48.5 Å². The fraction of sp³-hybridized carbons (Fsp3) is 0.952. The predicted octanol–water partition coefficient (Wildman–Crippen LogP) is 25.3. The molecule has 0 aliphatic rings. The highest BCUT2D eigenvalue weighted by Gasteiger charge is 2.30. The number of carbonyl (C=O) groups excluding carboxylic acids is 4. The molecule has 0 aromatic carbocycles. The SMILES string of the molecule is CCCCCCCCCCCCCC(=O)OC[C@H](COP(=O)(O)OC[C@H](O)COP(=O)(O)OC[C@@H](COC(=O)CCCCCCCCCCCCCCCCC(C)CC)OC(=O)CCCCCCCCCCCCCCCCCCC(C)C)OC(=O)CCCCCCCCCCCCCCC(C)C. The molecular formula is C84H164O17P2. The van der Waals surface area contributed by atoms with E-state index >= 15 is 0 Å². The van der Waals surface area contributed by atoms with Crippen molar-refractivity contribution in [2.24, 2.45) is 17.8 Å². The number of carbonyl (C=O) groups is 4. The average molecular weight is 1510 g/mol. The van der Waals surface area contributed by atoms with E-state index in [0.29, 0.717) is 25.7 Å². The van der Waals surface area contributed by atoms with Crippen LogP contribution >= 0.6 is 15.6 Å². The van der Waals surface area contributed by atoms with Gasteiger partial charge in [-0.05, 0) is 43.4 Å². The van der Waals surface area contributed by atoms with Gasteiger partial charge in [0.05, 0.1) is 26.4 Å². The fourth-order valence-electron chi connectivity index (χ4n) is 13.0. The normalized spacial score (nSPS) is 14.2. The first-order chi connectivity index (χ1) is 49.8. The Kier molecular flexibility index (Phi) is 72.8. The van der Waals surface area contributed by atoms with Gasteiger partial charge in [0.1, 0.15) is 19.3 Å². The lowest BCUT2D eigenvalue weighted by Crippen LogP contribution is -2.30. The highest BCUT2D eigenvalue weighted by atomic mass is 31.2. The molecule has 0 bridgehead atoms. The summed E-state index contributed by atoms with van der Waals surface area (Å²) in [6.07, 6.45) is 63.7. The van der Waals surface area contributed by atoms with E-state index in [-0.39, 0.29) is 25.7 Å². The molecule has 103 heavy (non-hydrogen) atoms. The molecule has 19 heteroatoms. The molecule has 0 aliphatic heterocycles. The molecule has 0 heterocycles. The Morgan fingerprint density at radius 2 is 0.495 bits per heavy atom. The van der Waals surface area contributed by atoms with E-state index in [4.69, 9.17) is 37.0 Å². The Labute approximate surface area is 632 Å². The lowest BCUT2D eigenvalue weighted by atomic mass is 9.99. The Balaban J connectivity index is 5.25. The molecule has 0 aromatic rings. The van der Waals surface area contributed by atoms with Gasteiger partial charge < -0.3 is 33.8 Å². The largest absolute Gasteiger partial charge is 0.472 e. The minimum atomic E-state index is -4.96. The standard InChI is InChI=1S/C84H164O17P2/c1-8-10-11-12-13-14-27-37-44-51-58-65-81(86)94-71-79(101-84(89)68-61-54-47-40-33-26-25-29-35-42-49-56-63-76(5)6)73-98-102(90,91)96-69-78(85)70-97-103(92,93)99-74-80(72-95-82(87)66-59-52-45-38-31-23-20-19-22-30-36-43-50-57-64-77(7)9-2)100-83(88)67-60-53-46-39-32-24-18-16-15-17-21-28-34-41-48-55-62-75(3)4/h75-80,85H,8-74H2,1-7H3,(H,90,91)(H,92,93)/t77?,78-,79+,80+/m0/s1. The molecule has 6 atom stereocenters. The topological polar surface area (TPSA) is 237 Å². The van der Waals surface area contributed by atoms with Crippen molar-refractivity contribution < 1.29 is 80.2 Å². The maximum atomic E-state index is 13.1. The van der Waals surface area contributed by atoms with Crippen LogP contribution in [0.5, 0.6) is 0 Å². The van der Waals surface area contributed by atoms with Crippen molar-refractivity contribution >= 4 is 39.5 Å². The van der Waals surface area contributed by atoms with Crippen LogP contribution in [0.4, 0.5) is 0 Å². The first-order valence-electron chi connectivity index (χ1n) is 43.4. The summed E-state index contributed by atoms with van der Waals surface area (Å²) in [5, 5.41) is 10.7. The molecule has 3 N–H and O–H groups in total. The maximum Gasteiger partial charge on any atom is 0.472 e. The molecule has 0 rings (SSSR count). The number of phosphoric ester groups is 2. The van der Waals surface area contributed by atoms with Crippen molar-refractivity contribution in [1.29, 1.82) is 0 Å². The van der Waals surface area contributed by atoms with E-state index in [1.165, 1.54) is 250 Å².